The number of hydrogen-bond donors (Lipinski definition) is 2. The van der Waals surface area contributed by atoms with E-state index in [9.17, 15) is 14.4 Å². The van der Waals surface area contributed by atoms with E-state index < -0.39 is 18.0 Å². The molecule has 1 saturated carbocycles. The monoisotopic (exact) mass is 525 g/mol. The van der Waals surface area contributed by atoms with Gasteiger partial charge in [-0.25, -0.2) is 9.78 Å². The highest BCUT2D eigenvalue weighted by Crippen LogP contribution is 2.34. The molecule has 2 aliphatic rings. The maximum Gasteiger partial charge on any atom is 0.325 e. The van der Waals surface area contributed by atoms with Gasteiger partial charge in [-0.3, -0.25) is 14.5 Å². The number of pyridine rings is 1. The normalized spacial score (nSPS) is 20.7. The Bertz CT molecular complexity index is 1140. The summed E-state index contributed by atoms with van der Waals surface area (Å²) in [4.78, 5) is 47.5. The van der Waals surface area contributed by atoms with Gasteiger partial charge in [0.1, 0.15) is 11.9 Å². The lowest BCUT2D eigenvalue weighted by Crippen LogP contribution is -2.71. The summed E-state index contributed by atoms with van der Waals surface area (Å²) in [6.45, 7) is 4.28. The first-order chi connectivity index (χ1) is 17.8. The zero-order chi connectivity index (χ0) is 26.5. The molecule has 3 atom stereocenters. The summed E-state index contributed by atoms with van der Waals surface area (Å²) in [5.41, 5.74) is 7.26. The van der Waals surface area contributed by atoms with Gasteiger partial charge in [0.2, 0.25) is 5.91 Å². The molecule has 1 aromatic carbocycles. The van der Waals surface area contributed by atoms with Crippen LogP contribution in [-0.2, 0) is 16.0 Å². The fraction of sp³-hybridized carbons (Fsp3) is 0.500. The summed E-state index contributed by atoms with van der Waals surface area (Å²) >= 11 is 6.19. The second-order valence-electron chi connectivity index (χ2n) is 9.98. The van der Waals surface area contributed by atoms with Crippen molar-refractivity contribution in [3.05, 3.63) is 53.2 Å². The first-order valence-corrected chi connectivity index (χ1v) is 13.6. The lowest BCUT2D eigenvalue weighted by Gasteiger charge is -2.46. The van der Waals surface area contributed by atoms with Crippen molar-refractivity contribution < 1.29 is 14.4 Å². The Kier molecular flexibility index (Phi) is 8.69. The molecule has 1 aliphatic heterocycles. The van der Waals surface area contributed by atoms with Crippen LogP contribution in [0.15, 0.2) is 42.6 Å². The third kappa shape index (κ3) is 5.90. The third-order valence-corrected chi connectivity index (χ3v) is 7.89. The average Bonchev–Trinajstić information content (AvgIpc) is 2.89. The minimum absolute atomic E-state index is 0.0226. The lowest BCUT2D eigenvalue weighted by molar-refractivity contribution is -0.156. The molecule has 1 saturated heterocycles. The quantitative estimate of drug-likeness (QED) is 0.481. The summed E-state index contributed by atoms with van der Waals surface area (Å²) in [5, 5.41) is 3.60. The Morgan fingerprint density at radius 1 is 1.19 bits per heavy atom. The van der Waals surface area contributed by atoms with E-state index in [-0.39, 0.29) is 17.9 Å². The highest BCUT2D eigenvalue weighted by molar-refractivity contribution is 6.31. The predicted octanol–water partition coefficient (Wildman–Crippen LogP) is 4.81. The number of aromatic nitrogens is 1. The third-order valence-electron chi connectivity index (χ3n) is 7.66. The van der Waals surface area contributed by atoms with Crippen molar-refractivity contribution in [1.82, 2.24) is 15.2 Å². The summed E-state index contributed by atoms with van der Waals surface area (Å²) in [7, 11) is 0. The fourth-order valence-corrected chi connectivity index (χ4v) is 5.90. The van der Waals surface area contributed by atoms with Gasteiger partial charge >= 0.3 is 6.03 Å². The minimum Gasteiger partial charge on any atom is -0.384 e. The van der Waals surface area contributed by atoms with Gasteiger partial charge in [-0.15, -0.1) is 0 Å². The van der Waals surface area contributed by atoms with Crippen LogP contribution in [0.3, 0.4) is 0 Å². The van der Waals surface area contributed by atoms with Crippen molar-refractivity contribution in [3.8, 4) is 0 Å². The number of β-lactam (4-membered cyclic amide) rings is 1. The number of benzene rings is 1. The van der Waals surface area contributed by atoms with Gasteiger partial charge in [-0.1, -0.05) is 43.9 Å². The molecule has 3 N–H and O–H groups in total. The maximum absolute atomic E-state index is 13.9. The number of nitrogens with one attached hydrogen (secondary N) is 1. The Morgan fingerprint density at radius 2 is 1.95 bits per heavy atom. The summed E-state index contributed by atoms with van der Waals surface area (Å²) < 4.78 is 0. The Hall–Kier alpha value is -3.13. The highest BCUT2D eigenvalue weighted by Gasteiger charge is 2.55. The molecule has 0 bridgehead atoms. The van der Waals surface area contributed by atoms with Gasteiger partial charge in [0.05, 0.1) is 5.92 Å². The smallest absolute Gasteiger partial charge is 0.325 e. The number of nitrogens with zero attached hydrogens (tertiary/aromatic N) is 3. The number of rotatable bonds is 8. The summed E-state index contributed by atoms with van der Waals surface area (Å²) in [5.74, 6) is -0.608. The molecular formula is C28H36ClN5O3. The molecule has 2 fully saturated rings. The number of nitrogens with two attached hydrogens (primary N) is 1. The average molecular weight is 526 g/mol. The fourth-order valence-electron chi connectivity index (χ4n) is 5.72. The number of hydrogen-bond acceptors (Lipinski definition) is 5. The molecular weight excluding hydrogens is 490 g/mol. The molecule has 0 radical (unpaired) electrons. The lowest BCUT2D eigenvalue weighted by atomic mass is 9.81. The van der Waals surface area contributed by atoms with E-state index in [1.807, 2.05) is 6.92 Å². The number of carbonyl (C=O) groups excluding carboxylic acids is 3. The number of imide groups is 1. The van der Waals surface area contributed by atoms with E-state index in [4.69, 9.17) is 17.3 Å². The molecule has 4 amide bonds. The van der Waals surface area contributed by atoms with Crippen molar-refractivity contribution >= 4 is 41.0 Å². The number of amides is 4. The van der Waals surface area contributed by atoms with Crippen LogP contribution in [-0.4, -0.2) is 46.4 Å². The van der Waals surface area contributed by atoms with Gasteiger partial charge in [-0.05, 0) is 74.4 Å². The van der Waals surface area contributed by atoms with E-state index >= 15 is 0 Å². The molecule has 2 heterocycles. The number of urea groups is 1. The van der Waals surface area contributed by atoms with Crippen LogP contribution in [0.2, 0.25) is 5.02 Å². The molecule has 198 valence electrons. The van der Waals surface area contributed by atoms with Crippen molar-refractivity contribution in [2.45, 2.75) is 70.9 Å². The molecule has 1 aromatic heterocycles. The maximum atomic E-state index is 13.9. The Balaban J connectivity index is 1.60. The van der Waals surface area contributed by atoms with Crippen LogP contribution >= 0.6 is 11.6 Å². The standard InChI is InChI=1S/C28H36ClN5O3/c1-3-23(19-9-6-5-7-10-19)32-28(37)34-25(22(26(34)35)15-18-13-14-31-24(30)16-18)27(36)33(4-2)21-12-8-11-20(29)17-21/h8,11-14,16-17,19,22-23,25H,3-7,9-10,15H2,1-2H3,(H2,30,31)(H,32,37)/t22-,23?,25+/m1/s1. The van der Waals surface area contributed by atoms with E-state index in [1.165, 1.54) is 6.42 Å². The van der Waals surface area contributed by atoms with Gasteiger partial charge in [0.25, 0.3) is 5.91 Å². The largest absolute Gasteiger partial charge is 0.384 e. The molecule has 0 spiro atoms. The molecule has 4 rings (SSSR count). The SMILES string of the molecule is CCC(NC(=O)N1C(=O)[C@H](Cc2ccnc(N)c2)[C@H]1C(=O)N(CC)c1cccc(Cl)c1)C1CCCCC1. The van der Waals surface area contributed by atoms with Gasteiger partial charge in [-0.2, -0.15) is 0 Å². The van der Waals surface area contributed by atoms with Crippen LogP contribution < -0.4 is 16.0 Å². The molecule has 1 aliphatic carbocycles. The second-order valence-corrected chi connectivity index (χ2v) is 10.4. The Morgan fingerprint density at radius 3 is 2.59 bits per heavy atom. The highest BCUT2D eigenvalue weighted by atomic mass is 35.5. The first-order valence-electron chi connectivity index (χ1n) is 13.2. The van der Waals surface area contributed by atoms with Crippen LogP contribution in [0.4, 0.5) is 16.3 Å². The number of halogens is 1. The molecule has 8 nitrogen and oxygen atoms in total. The number of carbonyl (C=O) groups is 3. The zero-order valence-electron chi connectivity index (χ0n) is 21.5. The topological polar surface area (TPSA) is 109 Å². The van der Waals surface area contributed by atoms with Crippen molar-refractivity contribution in [2.75, 3.05) is 17.2 Å². The van der Waals surface area contributed by atoms with Crippen LogP contribution in [0, 0.1) is 11.8 Å². The summed E-state index contributed by atoms with van der Waals surface area (Å²) in [6.07, 6.45) is 8.32. The van der Waals surface area contributed by atoms with E-state index in [2.05, 4.69) is 17.2 Å². The van der Waals surface area contributed by atoms with Crippen LogP contribution in [0.25, 0.3) is 0 Å². The van der Waals surface area contributed by atoms with E-state index in [0.717, 1.165) is 42.6 Å². The number of likely N-dealkylation sites (N-methyl/N-ethyl adjacent to an activating group) is 1. The molecule has 2 aromatic rings. The van der Waals surface area contributed by atoms with Gasteiger partial charge in [0.15, 0.2) is 0 Å². The molecule has 9 heteroatoms. The Labute approximate surface area is 223 Å². The number of likely N-dealkylation sites (tertiary alicyclic amines) is 1. The number of nitrogen functional groups attached to an aromatic ring is 1. The second kappa shape index (κ2) is 11.9. The molecule has 37 heavy (non-hydrogen) atoms. The van der Waals surface area contributed by atoms with Crippen molar-refractivity contribution in [1.29, 1.82) is 0 Å². The van der Waals surface area contributed by atoms with Crippen molar-refractivity contribution in [2.24, 2.45) is 11.8 Å². The predicted molar refractivity (Wildman–Crippen MR) is 145 cm³/mol. The minimum atomic E-state index is -0.926. The van der Waals surface area contributed by atoms with E-state index in [1.54, 1.807) is 47.5 Å². The molecule has 1 unspecified atom stereocenters. The van der Waals surface area contributed by atoms with Crippen molar-refractivity contribution in [3.63, 3.8) is 0 Å². The van der Waals surface area contributed by atoms with Crippen LogP contribution in [0.5, 0.6) is 0 Å². The first kappa shape index (κ1) is 26.9. The van der Waals surface area contributed by atoms with E-state index in [0.29, 0.717) is 35.4 Å². The zero-order valence-corrected chi connectivity index (χ0v) is 22.3. The number of anilines is 2. The van der Waals surface area contributed by atoms with Crippen LogP contribution in [0.1, 0.15) is 57.9 Å². The van der Waals surface area contributed by atoms with Gasteiger partial charge < -0.3 is 16.0 Å². The van der Waals surface area contributed by atoms with Gasteiger partial charge in [0, 0.05) is 29.5 Å². The summed E-state index contributed by atoms with van der Waals surface area (Å²) in [6, 6.07) is 9.06.